The van der Waals surface area contributed by atoms with Crippen LogP contribution in [0.4, 0.5) is 0 Å². The van der Waals surface area contributed by atoms with Gasteiger partial charge >= 0.3 is 0 Å². The average Bonchev–Trinajstić information content (AvgIpc) is 1.67. The molecule has 0 aliphatic carbocycles. The van der Waals surface area contributed by atoms with Crippen molar-refractivity contribution in [1.82, 2.24) is 0 Å². The Labute approximate surface area is 53.9 Å². The van der Waals surface area contributed by atoms with Crippen LogP contribution in [0.25, 0.3) is 0 Å². The molecule has 0 saturated carbocycles. The van der Waals surface area contributed by atoms with Crippen molar-refractivity contribution in [2.45, 2.75) is 24.9 Å². The zero-order chi connectivity index (χ0) is 6.62. The Morgan fingerprint density at radius 2 is 2.00 bits per heavy atom. The van der Waals surface area contributed by atoms with Crippen molar-refractivity contribution in [3.8, 4) is 0 Å². The summed E-state index contributed by atoms with van der Waals surface area (Å²) in [6, 6.07) is 0. The molecule has 0 bridgehead atoms. The lowest BCUT2D eigenvalue weighted by Crippen LogP contribution is -2.21. The molecule has 0 saturated heterocycles. The monoisotopic (exact) mass is 136 g/mol. The molecule has 0 heterocycles. The zero-order valence-corrected chi connectivity index (χ0v) is 6.03. The lowest BCUT2D eigenvalue weighted by molar-refractivity contribution is -0.0810. The molecule has 3 heteroatoms. The van der Waals surface area contributed by atoms with Crippen molar-refractivity contribution in [2.75, 3.05) is 6.26 Å². The molecule has 0 fully saturated rings. The highest BCUT2D eigenvalue weighted by Gasteiger charge is 2.18. The molecule has 8 heavy (non-hydrogen) atoms. The Morgan fingerprint density at radius 3 is 2.12 bits per heavy atom. The predicted molar refractivity (Wildman–Crippen MR) is 35.6 cm³/mol. The Bertz CT molecular complexity index is 63.4. The molecule has 0 unspecified atom stereocenters. The molecule has 0 aromatic heterocycles. The lowest BCUT2D eigenvalue weighted by atomic mass is 10.3. The predicted octanol–water partition coefficient (Wildman–Crippen LogP) is 0.788. The van der Waals surface area contributed by atoms with Crippen LogP contribution in [-0.4, -0.2) is 21.6 Å². The summed E-state index contributed by atoms with van der Waals surface area (Å²) in [6.07, 6.45) is 2.91. The van der Waals surface area contributed by atoms with Crippen molar-refractivity contribution >= 4 is 11.8 Å². The molecular weight excluding hydrogens is 124 g/mol. The molecular formula is C5H12O2S. The summed E-state index contributed by atoms with van der Waals surface area (Å²) in [5.74, 6) is 0. The molecule has 0 rings (SSSR count). The maximum atomic E-state index is 8.84. The topological polar surface area (TPSA) is 40.5 Å². The molecule has 0 amide bonds. The first-order valence-corrected chi connectivity index (χ1v) is 3.84. The van der Waals surface area contributed by atoms with Crippen molar-refractivity contribution < 1.29 is 10.2 Å². The van der Waals surface area contributed by atoms with Crippen LogP contribution < -0.4 is 0 Å². The van der Waals surface area contributed by atoms with E-state index in [-0.39, 0.29) is 0 Å². The molecule has 0 aliphatic rings. The summed E-state index contributed by atoms with van der Waals surface area (Å²) < 4.78 is 0. The first-order valence-electron chi connectivity index (χ1n) is 2.62. The second kappa shape index (κ2) is 3.33. The van der Waals surface area contributed by atoms with E-state index in [0.717, 1.165) is 18.2 Å². The van der Waals surface area contributed by atoms with E-state index in [1.54, 1.807) is 6.26 Å². The van der Waals surface area contributed by atoms with Crippen LogP contribution in [0.15, 0.2) is 0 Å². The van der Waals surface area contributed by atoms with Gasteiger partial charge in [-0.1, -0.05) is 13.3 Å². The van der Waals surface area contributed by atoms with Gasteiger partial charge in [-0.25, -0.2) is 0 Å². The molecule has 0 aromatic carbocycles. The van der Waals surface area contributed by atoms with E-state index >= 15 is 0 Å². The molecule has 0 aromatic rings. The fourth-order valence-corrected chi connectivity index (χ4v) is 0.836. The van der Waals surface area contributed by atoms with Crippen LogP contribution in [0.5, 0.6) is 0 Å². The lowest BCUT2D eigenvalue weighted by Gasteiger charge is -2.16. The van der Waals surface area contributed by atoms with E-state index < -0.39 is 5.12 Å². The summed E-state index contributed by atoms with van der Waals surface area (Å²) >= 11 is 1.06. The van der Waals surface area contributed by atoms with Gasteiger partial charge in [0, 0.05) is 6.42 Å². The van der Waals surface area contributed by atoms with Crippen LogP contribution in [-0.2, 0) is 0 Å². The first-order chi connectivity index (χ1) is 3.62. The number of aliphatic hydroxyl groups is 2. The van der Waals surface area contributed by atoms with Gasteiger partial charge in [-0.15, -0.1) is 11.8 Å². The smallest absolute Gasteiger partial charge is 0.212 e. The third-order valence-corrected chi connectivity index (χ3v) is 1.76. The summed E-state index contributed by atoms with van der Waals surface area (Å²) in [7, 11) is 0. The van der Waals surface area contributed by atoms with Crippen LogP contribution in [0.2, 0.25) is 0 Å². The third kappa shape index (κ3) is 3.29. The van der Waals surface area contributed by atoms with Gasteiger partial charge in [0.05, 0.1) is 0 Å². The highest BCUT2D eigenvalue weighted by Crippen LogP contribution is 2.20. The summed E-state index contributed by atoms with van der Waals surface area (Å²) in [5.41, 5.74) is 0. The minimum absolute atomic E-state index is 0.439. The highest BCUT2D eigenvalue weighted by atomic mass is 32.2. The third-order valence-electron chi connectivity index (χ3n) is 0.903. The number of hydrogen-bond acceptors (Lipinski definition) is 3. The minimum atomic E-state index is -1.49. The fraction of sp³-hybridized carbons (Fsp3) is 1.00. The average molecular weight is 136 g/mol. The summed E-state index contributed by atoms with van der Waals surface area (Å²) in [6.45, 7) is 1.91. The van der Waals surface area contributed by atoms with E-state index in [1.165, 1.54) is 0 Å². The number of hydrogen-bond donors (Lipinski definition) is 2. The molecule has 0 aliphatic heterocycles. The van der Waals surface area contributed by atoms with E-state index in [1.807, 2.05) is 6.92 Å². The van der Waals surface area contributed by atoms with E-state index in [0.29, 0.717) is 6.42 Å². The summed E-state index contributed by atoms with van der Waals surface area (Å²) in [5, 5.41) is 16.2. The Hall–Kier alpha value is 0.270. The first kappa shape index (κ1) is 8.27. The quantitative estimate of drug-likeness (QED) is 0.563. The van der Waals surface area contributed by atoms with Gasteiger partial charge in [0.2, 0.25) is 5.12 Å². The van der Waals surface area contributed by atoms with Crippen molar-refractivity contribution in [2.24, 2.45) is 0 Å². The van der Waals surface area contributed by atoms with Gasteiger partial charge in [0.25, 0.3) is 0 Å². The van der Waals surface area contributed by atoms with Gasteiger partial charge in [-0.3, -0.25) is 0 Å². The number of rotatable bonds is 3. The fourth-order valence-electron chi connectivity index (χ4n) is 0.428. The maximum absolute atomic E-state index is 8.84. The Kier molecular flexibility index (Phi) is 3.44. The summed E-state index contributed by atoms with van der Waals surface area (Å²) in [4.78, 5) is 0. The van der Waals surface area contributed by atoms with E-state index in [4.69, 9.17) is 10.2 Å². The zero-order valence-electron chi connectivity index (χ0n) is 5.22. The second-order valence-electron chi connectivity index (χ2n) is 1.70. The molecule has 0 atom stereocenters. The van der Waals surface area contributed by atoms with Gasteiger partial charge in [0.1, 0.15) is 0 Å². The largest absolute Gasteiger partial charge is 0.357 e. The Balaban J connectivity index is 3.37. The van der Waals surface area contributed by atoms with Crippen LogP contribution >= 0.6 is 11.8 Å². The highest BCUT2D eigenvalue weighted by molar-refractivity contribution is 7.99. The maximum Gasteiger partial charge on any atom is 0.212 e. The molecule has 2 nitrogen and oxygen atoms in total. The van der Waals surface area contributed by atoms with Crippen molar-refractivity contribution in [3.63, 3.8) is 0 Å². The molecule has 2 N–H and O–H groups in total. The van der Waals surface area contributed by atoms with E-state index in [2.05, 4.69) is 0 Å². The molecule has 0 spiro atoms. The van der Waals surface area contributed by atoms with Gasteiger partial charge in [0.15, 0.2) is 0 Å². The molecule has 0 radical (unpaired) electrons. The normalized spacial score (nSPS) is 12.0. The van der Waals surface area contributed by atoms with Gasteiger partial charge in [-0.2, -0.15) is 0 Å². The van der Waals surface area contributed by atoms with Crippen molar-refractivity contribution in [1.29, 1.82) is 0 Å². The number of thioether (sulfide) groups is 1. The van der Waals surface area contributed by atoms with Crippen LogP contribution in [0, 0.1) is 0 Å². The Morgan fingerprint density at radius 1 is 1.50 bits per heavy atom. The SMILES string of the molecule is CCCC(O)(O)SC. The standard InChI is InChI=1S/C5H12O2S/c1-3-4-5(6,7)8-2/h6-7H,3-4H2,1-2H3. The second-order valence-corrected chi connectivity index (χ2v) is 2.76. The van der Waals surface area contributed by atoms with Gasteiger partial charge in [-0.05, 0) is 6.26 Å². The van der Waals surface area contributed by atoms with Gasteiger partial charge < -0.3 is 10.2 Å². The minimum Gasteiger partial charge on any atom is -0.357 e. The van der Waals surface area contributed by atoms with Crippen LogP contribution in [0.3, 0.4) is 0 Å². The van der Waals surface area contributed by atoms with Crippen molar-refractivity contribution in [3.05, 3.63) is 0 Å². The molecule has 50 valence electrons. The van der Waals surface area contributed by atoms with Crippen LogP contribution in [0.1, 0.15) is 19.8 Å². The van der Waals surface area contributed by atoms with E-state index in [9.17, 15) is 0 Å².